The number of amides is 1. The number of aromatic nitrogens is 5. The van der Waals surface area contributed by atoms with Crippen LogP contribution in [0.3, 0.4) is 0 Å². The maximum absolute atomic E-state index is 13.6. The SMILES string of the molecule is Cc1ccc2c(n1)[C@@H](N(Cc1cc(C(F)(F)F)cc(C(F)(F)F)c1)c1nnn(C)n1)C[C@@H](C)N2C(=O)OC(C)C. The van der Waals surface area contributed by atoms with E-state index in [-0.39, 0.29) is 24.0 Å². The second kappa shape index (κ2) is 10.6. The highest BCUT2D eigenvalue weighted by Crippen LogP contribution is 2.42. The predicted molar refractivity (Wildman–Crippen MR) is 131 cm³/mol. The second-order valence-corrected chi connectivity index (χ2v) is 9.88. The van der Waals surface area contributed by atoms with Crippen LogP contribution in [0.4, 0.5) is 42.8 Å². The van der Waals surface area contributed by atoms with E-state index in [0.29, 0.717) is 29.2 Å². The molecule has 40 heavy (non-hydrogen) atoms. The van der Waals surface area contributed by atoms with Gasteiger partial charge in [-0.05, 0) is 75.2 Å². The number of ether oxygens (including phenoxy) is 1. The number of nitrogens with zero attached hydrogens (tertiary/aromatic N) is 7. The molecule has 15 heteroatoms. The molecule has 0 saturated heterocycles. The normalized spacial score (nSPS) is 17.6. The van der Waals surface area contributed by atoms with E-state index in [0.717, 1.165) is 4.80 Å². The molecule has 4 rings (SSSR count). The lowest BCUT2D eigenvalue weighted by atomic mass is 9.94. The molecule has 2 atom stereocenters. The van der Waals surface area contributed by atoms with Crippen LogP contribution in [0.1, 0.15) is 61.3 Å². The summed E-state index contributed by atoms with van der Waals surface area (Å²) >= 11 is 0. The fourth-order valence-electron chi connectivity index (χ4n) is 4.62. The molecule has 3 heterocycles. The number of carbonyl (C=O) groups is 1. The number of rotatable bonds is 5. The summed E-state index contributed by atoms with van der Waals surface area (Å²) in [6.45, 7) is 6.46. The van der Waals surface area contributed by atoms with Crippen LogP contribution in [0, 0.1) is 6.92 Å². The first-order valence-corrected chi connectivity index (χ1v) is 12.3. The highest BCUT2D eigenvalue weighted by Gasteiger charge is 2.41. The highest BCUT2D eigenvalue weighted by atomic mass is 19.4. The van der Waals surface area contributed by atoms with E-state index in [1.54, 1.807) is 39.8 Å². The first-order chi connectivity index (χ1) is 18.5. The lowest BCUT2D eigenvalue weighted by Crippen LogP contribution is -2.47. The van der Waals surface area contributed by atoms with Crippen molar-refractivity contribution in [3.8, 4) is 0 Å². The summed E-state index contributed by atoms with van der Waals surface area (Å²) in [5.74, 6) is -0.0295. The molecule has 1 aliphatic heterocycles. The molecule has 0 fully saturated rings. The largest absolute Gasteiger partial charge is 0.446 e. The number of halogens is 6. The predicted octanol–water partition coefficient (Wildman–Crippen LogP) is 5.84. The Bertz CT molecular complexity index is 1360. The first-order valence-electron chi connectivity index (χ1n) is 12.3. The van der Waals surface area contributed by atoms with E-state index >= 15 is 0 Å². The van der Waals surface area contributed by atoms with Crippen molar-refractivity contribution < 1.29 is 35.9 Å². The van der Waals surface area contributed by atoms with Crippen molar-refractivity contribution in [3.63, 3.8) is 0 Å². The smallest absolute Gasteiger partial charge is 0.416 e. The molecule has 2 aromatic heterocycles. The minimum absolute atomic E-state index is 0.0295. The van der Waals surface area contributed by atoms with Crippen molar-refractivity contribution in [1.82, 2.24) is 25.2 Å². The number of aryl methyl sites for hydroxylation is 2. The maximum Gasteiger partial charge on any atom is 0.416 e. The van der Waals surface area contributed by atoms with Crippen LogP contribution in [0.5, 0.6) is 0 Å². The molecule has 0 radical (unpaired) electrons. The second-order valence-electron chi connectivity index (χ2n) is 9.88. The number of tetrazole rings is 1. The molecule has 0 N–H and O–H groups in total. The van der Waals surface area contributed by atoms with Crippen LogP contribution >= 0.6 is 0 Å². The van der Waals surface area contributed by atoms with Crippen molar-refractivity contribution in [3.05, 3.63) is 58.4 Å². The third-order valence-corrected chi connectivity index (χ3v) is 6.29. The Labute approximate surface area is 225 Å². The van der Waals surface area contributed by atoms with Gasteiger partial charge in [0.2, 0.25) is 0 Å². The van der Waals surface area contributed by atoms with Crippen molar-refractivity contribution in [2.75, 3.05) is 9.80 Å². The number of hydrogen-bond donors (Lipinski definition) is 0. The van der Waals surface area contributed by atoms with Gasteiger partial charge in [-0.2, -0.15) is 31.1 Å². The summed E-state index contributed by atoms with van der Waals surface area (Å²) in [7, 11) is 1.48. The van der Waals surface area contributed by atoms with Crippen molar-refractivity contribution in [1.29, 1.82) is 0 Å². The van der Waals surface area contributed by atoms with E-state index in [2.05, 4.69) is 20.4 Å². The molecule has 1 amide bonds. The molecule has 0 spiro atoms. The quantitative estimate of drug-likeness (QED) is 0.356. The van der Waals surface area contributed by atoms with Gasteiger partial charge in [-0.1, -0.05) is 5.10 Å². The average Bonchev–Trinajstić information content (AvgIpc) is 3.26. The molecule has 0 bridgehead atoms. The minimum atomic E-state index is -5.01. The molecule has 0 saturated carbocycles. The summed E-state index contributed by atoms with van der Waals surface area (Å²) in [5, 5.41) is 12.0. The summed E-state index contributed by atoms with van der Waals surface area (Å²) in [5.41, 5.74) is -1.78. The standard InChI is InChI=1S/C25H27F6N7O2/c1-13(2)40-23(39)38-15(4)8-20(21-19(38)7-6-14(3)32-21)37(22-33-35-36(5)34-22)12-16-9-17(24(26,27)28)11-18(10-16)25(29,30)31/h6-7,9-11,13,15,20H,8,12H2,1-5H3/t15-,20+/m1/s1. The lowest BCUT2D eigenvalue weighted by molar-refractivity contribution is -0.143. The zero-order valence-electron chi connectivity index (χ0n) is 22.2. The molecule has 0 aliphatic carbocycles. The van der Waals surface area contributed by atoms with Gasteiger partial charge in [0.25, 0.3) is 5.95 Å². The Morgan fingerprint density at radius 1 is 1.10 bits per heavy atom. The van der Waals surface area contributed by atoms with Gasteiger partial charge in [0.05, 0.1) is 41.7 Å². The van der Waals surface area contributed by atoms with Crippen LogP contribution in [-0.4, -0.2) is 43.4 Å². The number of carbonyl (C=O) groups excluding carboxylic acids is 1. The number of alkyl halides is 6. The van der Waals surface area contributed by atoms with E-state index < -0.39 is 54.3 Å². The molecule has 0 unspecified atom stereocenters. The Hall–Kier alpha value is -3.91. The van der Waals surface area contributed by atoms with Crippen LogP contribution in [-0.2, 0) is 30.7 Å². The minimum Gasteiger partial charge on any atom is -0.446 e. The summed E-state index contributed by atoms with van der Waals surface area (Å²) < 4.78 is 86.9. The molecule has 3 aromatic rings. The fraction of sp³-hybridized carbons (Fsp3) is 0.480. The molecule has 1 aliphatic rings. The van der Waals surface area contributed by atoms with Gasteiger partial charge in [0.1, 0.15) is 0 Å². The fourth-order valence-corrected chi connectivity index (χ4v) is 4.62. The Balaban J connectivity index is 1.85. The monoisotopic (exact) mass is 571 g/mol. The Morgan fingerprint density at radius 2 is 1.73 bits per heavy atom. The first kappa shape index (κ1) is 29.1. The Kier molecular flexibility index (Phi) is 7.69. The third kappa shape index (κ3) is 6.12. The van der Waals surface area contributed by atoms with Crippen LogP contribution in [0.2, 0.25) is 0 Å². The molecule has 216 valence electrons. The van der Waals surface area contributed by atoms with E-state index in [4.69, 9.17) is 4.74 Å². The van der Waals surface area contributed by atoms with Gasteiger partial charge in [-0.25, -0.2) is 4.79 Å². The van der Waals surface area contributed by atoms with Crippen LogP contribution < -0.4 is 9.80 Å². The number of fused-ring (bicyclic) bond motifs is 1. The average molecular weight is 572 g/mol. The number of hydrogen-bond acceptors (Lipinski definition) is 7. The van der Waals surface area contributed by atoms with Crippen LogP contribution in [0.25, 0.3) is 0 Å². The van der Waals surface area contributed by atoms with Gasteiger partial charge in [-0.15, -0.1) is 5.10 Å². The summed E-state index contributed by atoms with van der Waals surface area (Å²) in [6, 6.07) is 3.56. The van der Waals surface area contributed by atoms with Gasteiger partial charge >= 0.3 is 18.4 Å². The van der Waals surface area contributed by atoms with E-state index in [1.165, 1.54) is 16.8 Å². The topological polar surface area (TPSA) is 89.3 Å². The number of pyridine rings is 1. The van der Waals surface area contributed by atoms with Gasteiger partial charge in [0, 0.05) is 18.3 Å². The zero-order chi connectivity index (χ0) is 29.6. The van der Waals surface area contributed by atoms with Crippen molar-refractivity contribution in [2.45, 2.75) is 71.2 Å². The summed E-state index contributed by atoms with van der Waals surface area (Å²) in [6.07, 6.45) is -10.8. The highest BCUT2D eigenvalue weighted by molar-refractivity contribution is 5.90. The number of anilines is 2. The maximum atomic E-state index is 13.6. The van der Waals surface area contributed by atoms with E-state index in [1.807, 2.05) is 0 Å². The van der Waals surface area contributed by atoms with Crippen LogP contribution in [0.15, 0.2) is 30.3 Å². The molecular formula is C25H27F6N7O2. The van der Waals surface area contributed by atoms with E-state index in [9.17, 15) is 31.1 Å². The van der Waals surface area contributed by atoms with Crippen molar-refractivity contribution in [2.24, 2.45) is 7.05 Å². The summed E-state index contributed by atoms with van der Waals surface area (Å²) in [4.78, 5) is 21.6. The molecular weight excluding hydrogens is 544 g/mol. The zero-order valence-corrected chi connectivity index (χ0v) is 22.2. The third-order valence-electron chi connectivity index (χ3n) is 6.29. The molecule has 1 aromatic carbocycles. The lowest BCUT2D eigenvalue weighted by Gasteiger charge is -2.42. The van der Waals surface area contributed by atoms with Gasteiger partial charge in [0.15, 0.2) is 0 Å². The van der Waals surface area contributed by atoms with Gasteiger partial charge in [-0.3, -0.25) is 9.88 Å². The number of benzene rings is 1. The van der Waals surface area contributed by atoms with Gasteiger partial charge < -0.3 is 9.64 Å². The Morgan fingerprint density at radius 3 is 2.25 bits per heavy atom. The molecule has 9 nitrogen and oxygen atoms in total. The van der Waals surface area contributed by atoms with Crippen molar-refractivity contribution >= 4 is 17.7 Å².